The van der Waals surface area contributed by atoms with Crippen molar-refractivity contribution in [3.05, 3.63) is 28.8 Å². The Kier molecular flexibility index (Phi) is 3.69. The van der Waals surface area contributed by atoms with E-state index in [0.717, 1.165) is 18.4 Å². The van der Waals surface area contributed by atoms with E-state index in [1.807, 2.05) is 12.1 Å². The van der Waals surface area contributed by atoms with Crippen LogP contribution in [0.5, 0.6) is 0 Å². The van der Waals surface area contributed by atoms with E-state index in [2.05, 4.69) is 11.9 Å². The van der Waals surface area contributed by atoms with Gasteiger partial charge in [-0.2, -0.15) is 4.99 Å². The Balaban J connectivity index is 3.16. The lowest BCUT2D eigenvalue weighted by molar-refractivity contribution is 0.565. The maximum Gasteiger partial charge on any atom is 0.240 e. The van der Waals surface area contributed by atoms with Crippen molar-refractivity contribution in [1.82, 2.24) is 0 Å². The Labute approximate surface area is 82.3 Å². The van der Waals surface area contributed by atoms with Crippen molar-refractivity contribution in [3.8, 4) is 0 Å². The Hall–Kier alpha value is -1.11. The topological polar surface area (TPSA) is 29.4 Å². The van der Waals surface area contributed by atoms with E-state index < -0.39 is 0 Å². The summed E-state index contributed by atoms with van der Waals surface area (Å²) < 4.78 is 0. The SMILES string of the molecule is CCCc1cccc(Cl)c1N=C=O. The van der Waals surface area contributed by atoms with Crippen LogP contribution in [0.15, 0.2) is 23.2 Å². The van der Waals surface area contributed by atoms with Gasteiger partial charge in [0.05, 0.1) is 10.7 Å². The molecule has 0 atom stereocenters. The molecule has 0 spiro atoms. The lowest BCUT2D eigenvalue weighted by Gasteiger charge is -2.03. The molecule has 0 saturated heterocycles. The number of para-hydroxylation sites is 1. The number of rotatable bonds is 3. The first-order valence-electron chi connectivity index (χ1n) is 4.14. The van der Waals surface area contributed by atoms with Gasteiger partial charge in [-0.15, -0.1) is 0 Å². The minimum Gasteiger partial charge on any atom is -0.211 e. The van der Waals surface area contributed by atoms with E-state index in [9.17, 15) is 4.79 Å². The van der Waals surface area contributed by atoms with E-state index >= 15 is 0 Å². The highest BCUT2D eigenvalue weighted by molar-refractivity contribution is 6.33. The van der Waals surface area contributed by atoms with Crippen LogP contribution in [0.4, 0.5) is 5.69 Å². The first-order valence-corrected chi connectivity index (χ1v) is 4.52. The van der Waals surface area contributed by atoms with Crippen molar-refractivity contribution in [2.75, 3.05) is 0 Å². The fourth-order valence-corrected chi connectivity index (χ4v) is 1.44. The number of isocyanates is 1. The van der Waals surface area contributed by atoms with Crippen molar-refractivity contribution in [2.45, 2.75) is 19.8 Å². The van der Waals surface area contributed by atoms with Gasteiger partial charge in [-0.3, -0.25) is 0 Å². The molecule has 0 unspecified atom stereocenters. The molecule has 0 radical (unpaired) electrons. The zero-order valence-electron chi connectivity index (χ0n) is 7.38. The average Bonchev–Trinajstić information content (AvgIpc) is 2.11. The molecular formula is C10H10ClNO. The van der Waals surface area contributed by atoms with Crippen LogP contribution in [-0.4, -0.2) is 6.08 Å². The Morgan fingerprint density at radius 1 is 1.54 bits per heavy atom. The third-order valence-corrected chi connectivity index (χ3v) is 2.05. The van der Waals surface area contributed by atoms with Crippen LogP contribution in [0.3, 0.4) is 0 Å². The largest absolute Gasteiger partial charge is 0.240 e. The van der Waals surface area contributed by atoms with Crippen LogP contribution in [0.25, 0.3) is 0 Å². The number of hydrogen-bond donors (Lipinski definition) is 0. The molecule has 0 aliphatic carbocycles. The first-order chi connectivity index (χ1) is 6.29. The standard InChI is InChI=1S/C10H10ClNO/c1-2-4-8-5-3-6-9(11)10(8)12-7-13/h3,5-6H,2,4H2,1H3. The van der Waals surface area contributed by atoms with Gasteiger partial charge in [0.25, 0.3) is 0 Å². The summed E-state index contributed by atoms with van der Waals surface area (Å²) in [5.74, 6) is 0. The summed E-state index contributed by atoms with van der Waals surface area (Å²) in [5, 5.41) is 0.509. The fourth-order valence-electron chi connectivity index (χ4n) is 1.20. The fraction of sp³-hybridized carbons (Fsp3) is 0.300. The Morgan fingerprint density at radius 3 is 2.92 bits per heavy atom. The smallest absolute Gasteiger partial charge is 0.211 e. The number of nitrogens with zero attached hydrogens (tertiary/aromatic N) is 1. The molecule has 0 fully saturated rings. The molecule has 1 rings (SSSR count). The normalized spacial score (nSPS) is 9.38. The third-order valence-electron chi connectivity index (χ3n) is 1.75. The van der Waals surface area contributed by atoms with E-state index in [1.165, 1.54) is 6.08 Å². The summed E-state index contributed by atoms with van der Waals surface area (Å²) in [6.07, 6.45) is 3.39. The predicted octanol–water partition coefficient (Wildman–Crippen LogP) is 3.26. The van der Waals surface area contributed by atoms with Gasteiger partial charge in [0.2, 0.25) is 6.08 Å². The molecule has 0 heterocycles. The lowest BCUT2D eigenvalue weighted by atomic mass is 10.1. The van der Waals surface area contributed by atoms with Gasteiger partial charge in [0, 0.05) is 0 Å². The summed E-state index contributed by atoms with van der Waals surface area (Å²) >= 11 is 5.87. The highest BCUT2D eigenvalue weighted by Gasteiger charge is 2.04. The highest BCUT2D eigenvalue weighted by atomic mass is 35.5. The van der Waals surface area contributed by atoms with Gasteiger partial charge in [0.15, 0.2) is 0 Å². The van der Waals surface area contributed by atoms with Gasteiger partial charge in [-0.25, -0.2) is 4.79 Å². The maximum atomic E-state index is 10.1. The summed E-state index contributed by atoms with van der Waals surface area (Å²) in [6.45, 7) is 2.06. The summed E-state index contributed by atoms with van der Waals surface area (Å²) in [5.41, 5.74) is 1.55. The van der Waals surface area contributed by atoms with Gasteiger partial charge in [-0.1, -0.05) is 37.1 Å². The number of benzene rings is 1. The van der Waals surface area contributed by atoms with E-state index in [-0.39, 0.29) is 0 Å². The van der Waals surface area contributed by atoms with Crippen LogP contribution in [-0.2, 0) is 11.2 Å². The molecule has 13 heavy (non-hydrogen) atoms. The Bertz CT molecular complexity index is 343. The molecule has 0 amide bonds. The summed E-state index contributed by atoms with van der Waals surface area (Å²) in [6, 6.07) is 5.50. The second kappa shape index (κ2) is 4.80. The molecule has 0 N–H and O–H groups in total. The Morgan fingerprint density at radius 2 is 2.31 bits per heavy atom. The molecule has 68 valence electrons. The van der Waals surface area contributed by atoms with Gasteiger partial charge < -0.3 is 0 Å². The molecule has 0 aliphatic heterocycles. The maximum absolute atomic E-state index is 10.1. The second-order valence-electron chi connectivity index (χ2n) is 2.70. The summed E-state index contributed by atoms with van der Waals surface area (Å²) in [7, 11) is 0. The van der Waals surface area contributed by atoms with Crippen molar-refractivity contribution >= 4 is 23.4 Å². The summed E-state index contributed by atoms with van der Waals surface area (Å²) in [4.78, 5) is 13.7. The number of halogens is 1. The van der Waals surface area contributed by atoms with Crippen molar-refractivity contribution < 1.29 is 4.79 Å². The zero-order chi connectivity index (χ0) is 9.68. The van der Waals surface area contributed by atoms with Gasteiger partial charge in [-0.05, 0) is 18.1 Å². The third kappa shape index (κ3) is 2.41. The molecule has 0 saturated carbocycles. The molecule has 2 nitrogen and oxygen atoms in total. The zero-order valence-corrected chi connectivity index (χ0v) is 8.14. The molecule has 1 aromatic rings. The number of aryl methyl sites for hydroxylation is 1. The first kappa shape index (κ1) is 9.97. The van der Waals surface area contributed by atoms with Crippen molar-refractivity contribution in [2.24, 2.45) is 4.99 Å². The van der Waals surface area contributed by atoms with Crippen molar-refractivity contribution in [1.29, 1.82) is 0 Å². The van der Waals surface area contributed by atoms with Crippen LogP contribution in [0, 0.1) is 0 Å². The minimum absolute atomic E-state index is 0.509. The second-order valence-corrected chi connectivity index (χ2v) is 3.11. The monoisotopic (exact) mass is 195 g/mol. The highest BCUT2D eigenvalue weighted by Crippen LogP contribution is 2.29. The number of aliphatic imine (C=N–C) groups is 1. The van der Waals surface area contributed by atoms with E-state index in [1.54, 1.807) is 6.07 Å². The van der Waals surface area contributed by atoms with E-state index in [0.29, 0.717) is 10.7 Å². The molecule has 0 aliphatic rings. The van der Waals surface area contributed by atoms with Crippen LogP contribution in [0.2, 0.25) is 5.02 Å². The molecule has 1 aromatic carbocycles. The minimum atomic E-state index is 0.509. The quantitative estimate of drug-likeness (QED) is 0.538. The number of carbonyl (C=O) groups excluding carboxylic acids is 1. The lowest BCUT2D eigenvalue weighted by Crippen LogP contribution is -1.84. The molecular weight excluding hydrogens is 186 g/mol. The van der Waals surface area contributed by atoms with Crippen molar-refractivity contribution in [3.63, 3.8) is 0 Å². The average molecular weight is 196 g/mol. The molecule has 0 aromatic heterocycles. The van der Waals surface area contributed by atoms with Crippen LogP contribution in [0.1, 0.15) is 18.9 Å². The molecule has 0 bridgehead atoms. The van der Waals surface area contributed by atoms with E-state index in [4.69, 9.17) is 11.6 Å². The van der Waals surface area contributed by atoms with Gasteiger partial charge >= 0.3 is 0 Å². The van der Waals surface area contributed by atoms with Gasteiger partial charge in [0.1, 0.15) is 0 Å². The number of hydrogen-bond acceptors (Lipinski definition) is 2. The van der Waals surface area contributed by atoms with Crippen LogP contribution < -0.4 is 0 Å². The predicted molar refractivity (Wildman–Crippen MR) is 53.2 cm³/mol. The van der Waals surface area contributed by atoms with Crippen LogP contribution >= 0.6 is 11.6 Å². The molecule has 3 heteroatoms.